The zero-order chi connectivity index (χ0) is 19.4. The number of benzene rings is 1. The van der Waals surface area contributed by atoms with Gasteiger partial charge in [0.05, 0.1) is 16.9 Å². The van der Waals surface area contributed by atoms with E-state index >= 15 is 0 Å². The highest BCUT2D eigenvalue weighted by molar-refractivity contribution is 7.89. The third-order valence-electron chi connectivity index (χ3n) is 5.52. The molecule has 3 atom stereocenters. The Labute approximate surface area is 161 Å². The quantitative estimate of drug-likeness (QED) is 0.687. The Bertz CT molecular complexity index is 768. The molecule has 2 aliphatic rings. The first-order valence-corrected chi connectivity index (χ1v) is 11.1. The molecule has 1 aromatic carbocycles. The zero-order valence-corrected chi connectivity index (χ0v) is 16.3. The molecule has 0 aromatic heterocycles. The van der Waals surface area contributed by atoms with E-state index in [9.17, 15) is 18.3 Å². The maximum absolute atomic E-state index is 13.0. The van der Waals surface area contributed by atoms with Crippen LogP contribution in [0.4, 0.5) is 0 Å². The lowest BCUT2D eigenvalue weighted by atomic mass is 9.91. The molecule has 27 heavy (non-hydrogen) atoms. The van der Waals surface area contributed by atoms with Gasteiger partial charge < -0.3 is 16.2 Å². The molecule has 3 rings (SSSR count). The van der Waals surface area contributed by atoms with Crippen LogP contribution in [0, 0.1) is 5.92 Å². The summed E-state index contributed by atoms with van der Waals surface area (Å²) < 4.78 is 27.4. The second-order valence-corrected chi connectivity index (χ2v) is 9.52. The van der Waals surface area contributed by atoms with Crippen molar-refractivity contribution in [1.82, 2.24) is 9.62 Å². The van der Waals surface area contributed by atoms with E-state index in [0.29, 0.717) is 25.8 Å². The molecule has 1 aliphatic heterocycles. The number of sulfonamides is 1. The molecule has 1 amide bonds. The SMILES string of the molecule is NCc1cccc(S(=O)(=O)N2CCCC(C(=O)NC3CCCC(O)C3)C2)c1. The standard InChI is InChI=1S/C19H29N3O4S/c20-12-14-4-1-8-18(10-14)27(25,26)22-9-3-5-15(13-22)19(24)21-16-6-2-7-17(23)11-16/h1,4,8,10,15-17,23H,2-3,5-7,9,11-13,20H2,(H,21,24). The highest BCUT2D eigenvalue weighted by Crippen LogP contribution is 2.25. The summed E-state index contributed by atoms with van der Waals surface area (Å²) in [6.07, 6.45) is 4.09. The summed E-state index contributed by atoms with van der Waals surface area (Å²) in [5.74, 6) is -0.463. The fourth-order valence-electron chi connectivity index (χ4n) is 3.97. The predicted octanol–water partition coefficient (Wildman–Crippen LogP) is 0.966. The number of piperidine rings is 1. The van der Waals surface area contributed by atoms with E-state index < -0.39 is 10.0 Å². The zero-order valence-electron chi connectivity index (χ0n) is 15.5. The van der Waals surface area contributed by atoms with Crippen molar-refractivity contribution in [3.8, 4) is 0 Å². The summed E-state index contributed by atoms with van der Waals surface area (Å²) in [6, 6.07) is 6.64. The lowest BCUT2D eigenvalue weighted by molar-refractivity contribution is -0.127. The molecule has 1 aromatic rings. The molecule has 3 unspecified atom stereocenters. The van der Waals surface area contributed by atoms with Crippen LogP contribution in [-0.4, -0.2) is 49.0 Å². The van der Waals surface area contributed by atoms with Crippen molar-refractivity contribution in [2.75, 3.05) is 13.1 Å². The second-order valence-electron chi connectivity index (χ2n) is 7.58. The summed E-state index contributed by atoms with van der Waals surface area (Å²) in [7, 11) is -3.65. The van der Waals surface area contributed by atoms with Gasteiger partial charge in [-0.05, 0) is 56.2 Å². The van der Waals surface area contributed by atoms with E-state index in [2.05, 4.69) is 5.32 Å². The first kappa shape index (κ1) is 20.3. The number of hydrogen-bond acceptors (Lipinski definition) is 5. The van der Waals surface area contributed by atoms with E-state index in [-0.39, 0.29) is 42.0 Å². The van der Waals surface area contributed by atoms with Crippen molar-refractivity contribution >= 4 is 15.9 Å². The summed E-state index contributed by atoms with van der Waals surface area (Å²) in [5.41, 5.74) is 6.38. The van der Waals surface area contributed by atoms with Crippen molar-refractivity contribution < 1.29 is 18.3 Å². The number of nitrogens with one attached hydrogen (secondary N) is 1. The largest absolute Gasteiger partial charge is 0.393 e. The van der Waals surface area contributed by atoms with E-state index in [1.807, 2.05) is 0 Å². The van der Waals surface area contributed by atoms with Crippen LogP contribution in [0.2, 0.25) is 0 Å². The Kier molecular flexibility index (Phi) is 6.52. The first-order valence-electron chi connectivity index (χ1n) is 9.67. The van der Waals surface area contributed by atoms with Gasteiger partial charge in [-0.3, -0.25) is 4.79 Å². The molecular formula is C19H29N3O4S. The van der Waals surface area contributed by atoms with Crippen LogP contribution in [0.1, 0.15) is 44.1 Å². The molecule has 150 valence electrons. The summed E-state index contributed by atoms with van der Waals surface area (Å²) >= 11 is 0. The fourth-order valence-corrected chi connectivity index (χ4v) is 5.57. The molecule has 0 radical (unpaired) electrons. The minimum atomic E-state index is -3.65. The highest BCUT2D eigenvalue weighted by Gasteiger charge is 2.34. The summed E-state index contributed by atoms with van der Waals surface area (Å²) in [4.78, 5) is 12.9. The molecule has 1 saturated heterocycles. The Morgan fingerprint density at radius 3 is 2.81 bits per heavy atom. The monoisotopic (exact) mass is 395 g/mol. The van der Waals surface area contributed by atoms with Crippen LogP contribution in [0.3, 0.4) is 0 Å². The van der Waals surface area contributed by atoms with Gasteiger partial charge in [0.15, 0.2) is 0 Å². The first-order chi connectivity index (χ1) is 12.9. The number of amides is 1. The third-order valence-corrected chi connectivity index (χ3v) is 7.38. The maximum atomic E-state index is 13.0. The van der Waals surface area contributed by atoms with Crippen LogP contribution in [0.5, 0.6) is 0 Å². The lowest BCUT2D eigenvalue weighted by Gasteiger charge is -2.33. The van der Waals surface area contributed by atoms with Gasteiger partial charge in [0.2, 0.25) is 15.9 Å². The van der Waals surface area contributed by atoms with Gasteiger partial charge in [0.25, 0.3) is 0 Å². The predicted molar refractivity (Wildman–Crippen MR) is 102 cm³/mol. The summed E-state index contributed by atoms with van der Waals surface area (Å²) in [5, 5.41) is 12.8. The smallest absolute Gasteiger partial charge is 0.243 e. The number of nitrogens with zero attached hydrogens (tertiary/aromatic N) is 1. The molecule has 1 aliphatic carbocycles. The van der Waals surface area contributed by atoms with Crippen LogP contribution in [0.15, 0.2) is 29.2 Å². The molecule has 1 saturated carbocycles. The fraction of sp³-hybridized carbons (Fsp3) is 0.632. The number of rotatable bonds is 5. The van der Waals surface area contributed by atoms with Gasteiger partial charge in [-0.25, -0.2) is 8.42 Å². The minimum Gasteiger partial charge on any atom is -0.393 e. The van der Waals surface area contributed by atoms with Crippen molar-refractivity contribution in [3.63, 3.8) is 0 Å². The minimum absolute atomic E-state index is 0.0190. The number of aliphatic hydroxyl groups is 1. The normalized spacial score (nSPS) is 27.3. The Morgan fingerprint density at radius 1 is 1.26 bits per heavy atom. The van der Waals surface area contributed by atoms with Gasteiger partial charge in [-0.2, -0.15) is 4.31 Å². The van der Waals surface area contributed by atoms with Gasteiger partial charge in [-0.1, -0.05) is 12.1 Å². The number of hydrogen-bond donors (Lipinski definition) is 3. The molecule has 0 bridgehead atoms. The van der Waals surface area contributed by atoms with Gasteiger partial charge in [0.1, 0.15) is 0 Å². The molecular weight excluding hydrogens is 366 g/mol. The average molecular weight is 396 g/mol. The van der Waals surface area contributed by atoms with Gasteiger partial charge >= 0.3 is 0 Å². The van der Waals surface area contributed by atoms with Crippen LogP contribution in [0.25, 0.3) is 0 Å². The molecule has 8 heteroatoms. The van der Waals surface area contributed by atoms with Crippen molar-refractivity contribution in [2.45, 2.75) is 62.1 Å². The van der Waals surface area contributed by atoms with E-state index in [1.165, 1.54) is 4.31 Å². The average Bonchev–Trinajstić information content (AvgIpc) is 2.68. The van der Waals surface area contributed by atoms with Crippen molar-refractivity contribution in [3.05, 3.63) is 29.8 Å². The van der Waals surface area contributed by atoms with Crippen molar-refractivity contribution in [2.24, 2.45) is 11.7 Å². The van der Waals surface area contributed by atoms with E-state index in [4.69, 9.17) is 5.73 Å². The molecule has 7 nitrogen and oxygen atoms in total. The van der Waals surface area contributed by atoms with Crippen LogP contribution >= 0.6 is 0 Å². The van der Waals surface area contributed by atoms with Gasteiger partial charge in [0, 0.05) is 25.7 Å². The van der Waals surface area contributed by atoms with E-state index in [1.54, 1.807) is 24.3 Å². The number of carbonyl (C=O) groups is 1. The summed E-state index contributed by atoms with van der Waals surface area (Å²) in [6.45, 7) is 0.888. The Morgan fingerprint density at radius 2 is 2.07 bits per heavy atom. The van der Waals surface area contributed by atoms with Crippen LogP contribution < -0.4 is 11.1 Å². The molecule has 2 fully saturated rings. The maximum Gasteiger partial charge on any atom is 0.243 e. The van der Waals surface area contributed by atoms with Crippen LogP contribution in [-0.2, 0) is 21.4 Å². The number of carbonyl (C=O) groups excluding carboxylic acids is 1. The highest BCUT2D eigenvalue weighted by atomic mass is 32.2. The third kappa shape index (κ3) is 4.87. The van der Waals surface area contributed by atoms with Crippen molar-refractivity contribution in [1.29, 1.82) is 0 Å². The lowest BCUT2D eigenvalue weighted by Crippen LogP contribution is -2.48. The Balaban J connectivity index is 1.66. The second kappa shape index (κ2) is 8.68. The Hall–Kier alpha value is -1.48. The number of aliphatic hydroxyl groups excluding tert-OH is 1. The van der Waals surface area contributed by atoms with Gasteiger partial charge in [-0.15, -0.1) is 0 Å². The molecule has 1 heterocycles. The van der Waals surface area contributed by atoms with E-state index in [0.717, 1.165) is 24.8 Å². The number of nitrogens with two attached hydrogens (primary N) is 1. The topological polar surface area (TPSA) is 113 Å². The molecule has 0 spiro atoms. The molecule has 4 N–H and O–H groups in total.